The van der Waals surface area contributed by atoms with E-state index in [9.17, 15) is 4.79 Å². The Morgan fingerprint density at radius 1 is 1.29 bits per heavy atom. The molecule has 4 nitrogen and oxygen atoms in total. The fourth-order valence-corrected chi connectivity index (χ4v) is 3.14. The fraction of sp³-hybridized carbons (Fsp3) is 0.250. The smallest absolute Gasteiger partial charge is 0.271 e. The number of para-hydroxylation sites is 2. The van der Waals surface area contributed by atoms with Crippen LogP contribution in [0.25, 0.3) is 11.0 Å². The van der Waals surface area contributed by atoms with Gasteiger partial charge in [-0.05, 0) is 37.6 Å². The third-order valence-corrected chi connectivity index (χ3v) is 4.73. The van der Waals surface area contributed by atoms with Gasteiger partial charge in [-0.2, -0.15) is 0 Å². The van der Waals surface area contributed by atoms with Crippen LogP contribution in [0.3, 0.4) is 0 Å². The van der Waals surface area contributed by atoms with Crippen LogP contribution in [-0.2, 0) is 6.54 Å². The van der Waals surface area contributed by atoms with Crippen LogP contribution in [0.1, 0.15) is 23.5 Å². The van der Waals surface area contributed by atoms with E-state index in [2.05, 4.69) is 33.2 Å². The van der Waals surface area contributed by atoms with Gasteiger partial charge in [0.05, 0.1) is 11.0 Å². The lowest BCUT2D eigenvalue weighted by molar-refractivity contribution is 0.252. The van der Waals surface area contributed by atoms with Crippen molar-refractivity contribution < 1.29 is 0 Å². The Hall–Kier alpha value is -1.98. The Bertz CT molecular complexity index is 795. The van der Waals surface area contributed by atoms with Gasteiger partial charge in [0.25, 0.3) is 5.56 Å². The van der Waals surface area contributed by atoms with Gasteiger partial charge in [-0.1, -0.05) is 18.2 Å². The molecule has 21 heavy (non-hydrogen) atoms. The lowest BCUT2D eigenvalue weighted by Gasteiger charge is -2.23. The largest absolute Gasteiger partial charge is 0.319 e. The highest BCUT2D eigenvalue weighted by Crippen LogP contribution is 2.24. The number of aromatic amines is 1. The van der Waals surface area contributed by atoms with Gasteiger partial charge in [-0.15, -0.1) is 11.3 Å². The number of fused-ring (bicyclic) bond motifs is 1. The van der Waals surface area contributed by atoms with Crippen LogP contribution in [0.2, 0.25) is 0 Å². The first-order valence-electron chi connectivity index (χ1n) is 6.87. The molecule has 0 spiro atoms. The molecule has 0 aliphatic carbocycles. The third-order valence-electron chi connectivity index (χ3n) is 3.69. The van der Waals surface area contributed by atoms with Crippen LogP contribution >= 0.6 is 11.3 Å². The monoisotopic (exact) mass is 299 g/mol. The zero-order valence-corrected chi connectivity index (χ0v) is 12.9. The standard InChI is InChI=1S/C16H17N3OS/c1-11(15-8-5-9-21-15)19(2)10-14-16(20)18-13-7-4-3-6-12(13)17-14/h3-9,11H,10H2,1-2H3,(H,18,20)/t11-/m0/s1. The average molecular weight is 299 g/mol. The van der Waals surface area contributed by atoms with Gasteiger partial charge in [-0.25, -0.2) is 4.98 Å². The Morgan fingerprint density at radius 3 is 2.86 bits per heavy atom. The number of benzene rings is 1. The topological polar surface area (TPSA) is 49.0 Å². The van der Waals surface area contributed by atoms with E-state index in [-0.39, 0.29) is 11.6 Å². The minimum atomic E-state index is -0.112. The zero-order valence-electron chi connectivity index (χ0n) is 12.0. The molecule has 0 aliphatic heterocycles. The van der Waals surface area contributed by atoms with Crippen molar-refractivity contribution in [3.63, 3.8) is 0 Å². The number of aromatic nitrogens is 2. The van der Waals surface area contributed by atoms with Crippen molar-refractivity contribution in [3.8, 4) is 0 Å². The SMILES string of the molecule is C[C@@H](c1cccs1)N(C)Cc1nc2ccccc2[nH]c1=O. The molecule has 1 atom stereocenters. The molecule has 2 heterocycles. The Kier molecular flexibility index (Phi) is 3.86. The summed E-state index contributed by atoms with van der Waals surface area (Å²) in [5.41, 5.74) is 2.04. The summed E-state index contributed by atoms with van der Waals surface area (Å²) < 4.78 is 0. The van der Waals surface area contributed by atoms with E-state index in [1.807, 2.05) is 37.4 Å². The van der Waals surface area contributed by atoms with Crippen LogP contribution in [0.15, 0.2) is 46.6 Å². The van der Waals surface area contributed by atoms with Crippen molar-refractivity contribution in [2.24, 2.45) is 0 Å². The summed E-state index contributed by atoms with van der Waals surface area (Å²) in [5.74, 6) is 0. The molecular weight excluding hydrogens is 282 g/mol. The molecule has 1 aromatic carbocycles. The van der Waals surface area contributed by atoms with E-state index in [1.54, 1.807) is 11.3 Å². The van der Waals surface area contributed by atoms with Crippen molar-refractivity contribution >= 4 is 22.4 Å². The molecule has 0 saturated carbocycles. The molecule has 0 bridgehead atoms. The molecule has 108 valence electrons. The zero-order chi connectivity index (χ0) is 14.8. The maximum Gasteiger partial charge on any atom is 0.271 e. The fourth-order valence-electron chi connectivity index (χ4n) is 2.29. The number of nitrogens with zero attached hydrogens (tertiary/aromatic N) is 2. The number of rotatable bonds is 4. The van der Waals surface area contributed by atoms with E-state index < -0.39 is 0 Å². The predicted molar refractivity (Wildman–Crippen MR) is 86.6 cm³/mol. The minimum Gasteiger partial charge on any atom is -0.319 e. The molecular formula is C16H17N3OS. The summed E-state index contributed by atoms with van der Waals surface area (Å²) in [6.07, 6.45) is 0. The van der Waals surface area contributed by atoms with E-state index in [0.29, 0.717) is 12.2 Å². The summed E-state index contributed by atoms with van der Waals surface area (Å²) >= 11 is 1.73. The van der Waals surface area contributed by atoms with Crippen molar-refractivity contribution in [2.45, 2.75) is 19.5 Å². The first-order chi connectivity index (χ1) is 10.1. The van der Waals surface area contributed by atoms with Crippen LogP contribution in [0.4, 0.5) is 0 Å². The van der Waals surface area contributed by atoms with Gasteiger partial charge in [0.15, 0.2) is 0 Å². The summed E-state index contributed by atoms with van der Waals surface area (Å²) in [6.45, 7) is 2.67. The minimum absolute atomic E-state index is 0.112. The Balaban J connectivity index is 1.87. The summed E-state index contributed by atoms with van der Waals surface area (Å²) in [5, 5.41) is 2.07. The predicted octanol–water partition coefficient (Wildman–Crippen LogP) is 3.18. The lowest BCUT2D eigenvalue weighted by atomic mass is 10.2. The van der Waals surface area contributed by atoms with Gasteiger partial charge in [0.2, 0.25) is 0 Å². The average Bonchev–Trinajstić information content (AvgIpc) is 3.01. The molecule has 0 radical (unpaired) electrons. The summed E-state index contributed by atoms with van der Waals surface area (Å²) in [7, 11) is 2.01. The molecule has 3 aromatic rings. The van der Waals surface area contributed by atoms with Gasteiger partial charge in [0.1, 0.15) is 5.69 Å². The molecule has 0 saturated heterocycles. The number of hydrogen-bond acceptors (Lipinski definition) is 4. The number of H-pyrrole nitrogens is 1. The molecule has 3 rings (SSSR count). The summed E-state index contributed by atoms with van der Waals surface area (Å²) in [6, 6.07) is 12.0. The van der Waals surface area contributed by atoms with Crippen molar-refractivity contribution in [2.75, 3.05) is 7.05 Å². The van der Waals surface area contributed by atoms with Crippen LogP contribution in [0.5, 0.6) is 0 Å². The van der Waals surface area contributed by atoms with Crippen LogP contribution < -0.4 is 5.56 Å². The van der Waals surface area contributed by atoms with Gasteiger partial charge in [-0.3, -0.25) is 9.69 Å². The first kappa shape index (κ1) is 14.0. The van der Waals surface area contributed by atoms with Crippen molar-refractivity contribution in [3.05, 3.63) is 62.7 Å². The van der Waals surface area contributed by atoms with E-state index in [1.165, 1.54) is 4.88 Å². The second-order valence-electron chi connectivity index (χ2n) is 5.14. The van der Waals surface area contributed by atoms with Crippen LogP contribution in [0, 0.1) is 0 Å². The third kappa shape index (κ3) is 2.89. The molecule has 0 fully saturated rings. The molecule has 0 unspecified atom stereocenters. The first-order valence-corrected chi connectivity index (χ1v) is 7.74. The number of thiophene rings is 1. The second-order valence-corrected chi connectivity index (χ2v) is 6.12. The van der Waals surface area contributed by atoms with Gasteiger partial charge >= 0.3 is 0 Å². The molecule has 1 N–H and O–H groups in total. The van der Waals surface area contributed by atoms with E-state index in [4.69, 9.17) is 0 Å². The summed E-state index contributed by atoms with van der Waals surface area (Å²) in [4.78, 5) is 23.0. The Morgan fingerprint density at radius 2 is 2.10 bits per heavy atom. The highest BCUT2D eigenvalue weighted by molar-refractivity contribution is 7.10. The number of hydrogen-bond donors (Lipinski definition) is 1. The highest BCUT2D eigenvalue weighted by Gasteiger charge is 2.15. The van der Waals surface area contributed by atoms with Crippen molar-refractivity contribution in [1.82, 2.24) is 14.9 Å². The van der Waals surface area contributed by atoms with Gasteiger partial charge in [0, 0.05) is 17.5 Å². The molecule has 0 aliphatic rings. The van der Waals surface area contributed by atoms with E-state index >= 15 is 0 Å². The molecule has 5 heteroatoms. The van der Waals surface area contributed by atoms with Crippen LogP contribution in [-0.4, -0.2) is 21.9 Å². The molecule has 2 aromatic heterocycles. The molecule has 0 amide bonds. The Labute approximate surface area is 127 Å². The normalized spacial score (nSPS) is 12.9. The maximum absolute atomic E-state index is 12.1. The van der Waals surface area contributed by atoms with Crippen molar-refractivity contribution in [1.29, 1.82) is 0 Å². The lowest BCUT2D eigenvalue weighted by Crippen LogP contribution is -2.26. The van der Waals surface area contributed by atoms with Gasteiger partial charge < -0.3 is 4.98 Å². The highest BCUT2D eigenvalue weighted by atomic mass is 32.1. The van der Waals surface area contributed by atoms with E-state index in [0.717, 1.165) is 11.0 Å². The maximum atomic E-state index is 12.1. The second kappa shape index (κ2) is 5.79. The quantitative estimate of drug-likeness (QED) is 0.805. The number of nitrogens with one attached hydrogen (secondary N) is 1.